The molecule has 3 nitrogen and oxygen atoms in total. The van der Waals surface area contributed by atoms with Gasteiger partial charge in [0, 0.05) is 0 Å². The largest absolute Gasteiger partial charge is 0.497 e. The van der Waals surface area contributed by atoms with Crippen molar-refractivity contribution in [2.24, 2.45) is 0 Å². The van der Waals surface area contributed by atoms with E-state index >= 15 is 0 Å². The lowest BCUT2D eigenvalue weighted by Crippen LogP contribution is -2.06. The molecule has 0 radical (unpaired) electrons. The molecule has 80 valence electrons. The first-order chi connectivity index (χ1) is 7.13. The molecular formula is C12H14O3. The van der Waals surface area contributed by atoms with Gasteiger partial charge in [0.1, 0.15) is 12.4 Å². The normalized spacial score (nSPS) is 9.47. The monoisotopic (exact) mass is 206 g/mol. The predicted octanol–water partition coefficient (Wildman–Crippen LogP) is 2.43. The molecular weight excluding hydrogens is 192 g/mol. The lowest BCUT2D eigenvalue weighted by molar-refractivity contribution is 0.0540. The summed E-state index contributed by atoms with van der Waals surface area (Å²) in [6, 6.07) is 6.84. The lowest BCUT2D eigenvalue weighted by Gasteiger charge is -2.05. The second kappa shape index (κ2) is 5.20. The predicted molar refractivity (Wildman–Crippen MR) is 58.1 cm³/mol. The molecule has 1 aromatic carbocycles. The zero-order valence-corrected chi connectivity index (χ0v) is 8.95. The van der Waals surface area contributed by atoms with Crippen molar-refractivity contribution in [3.05, 3.63) is 42.0 Å². The summed E-state index contributed by atoms with van der Waals surface area (Å²) >= 11 is 0. The highest BCUT2D eigenvalue weighted by Crippen LogP contribution is 2.13. The van der Waals surface area contributed by atoms with Crippen LogP contribution in [-0.2, 0) is 4.74 Å². The molecule has 3 heteroatoms. The Morgan fingerprint density at radius 2 is 2.20 bits per heavy atom. The summed E-state index contributed by atoms with van der Waals surface area (Å²) < 4.78 is 10.0. The molecule has 0 spiro atoms. The van der Waals surface area contributed by atoms with Crippen LogP contribution < -0.4 is 4.74 Å². The Kier molecular flexibility index (Phi) is 3.92. The molecule has 0 saturated carbocycles. The Morgan fingerprint density at radius 1 is 1.47 bits per heavy atom. The van der Waals surface area contributed by atoms with Crippen LogP contribution in [0, 0.1) is 0 Å². The van der Waals surface area contributed by atoms with E-state index in [1.165, 1.54) is 0 Å². The highest BCUT2D eigenvalue weighted by Gasteiger charge is 2.07. The minimum atomic E-state index is -0.364. The molecule has 0 aliphatic heterocycles. The third kappa shape index (κ3) is 3.46. The van der Waals surface area contributed by atoms with Gasteiger partial charge in [-0.05, 0) is 30.7 Å². The topological polar surface area (TPSA) is 35.5 Å². The summed E-state index contributed by atoms with van der Waals surface area (Å²) in [6.07, 6.45) is 0. The second-order valence-electron chi connectivity index (χ2n) is 3.27. The fourth-order valence-corrected chi connectivity index (χ4v) is 1.02. The second-order valence-corrected chi connectivity index (χ2v) is 3.27. The Morgan fingerprint density at radius 3 is 2.80 bits per heavy atom. The minimum absolute atomic E-state index is 0.246. The van der Waals surface area contributed by atoms with Crippen LogP contribution in [0.4, 0.5) is 0 Å². The zero-order chi connectivity index (χ0) is 11.3. The quantitative estimate of drug-likeness (QED) is 0.560. The van der Waals surface area contributed by atoms with Crippen LogP contribution in [0.15, 0.2) is 36.4 Å². The number of carbonyl (C=O) groups excluding carboxylic acids is 1. The van der Waals surface area contributed by atoms with E-state index in [0.717, 1.165) is 5.57 Å². The molecule has 15 heavy (non-hydrogen) atoms. The van der Waals surface area contributed by atoms with Gasteiger partial charge in [0.15, 0.2) is 0 Å². The van der Waals surface area contributed by atoms with E-state index < -0.39 is 0 Å². The number of hydrogen-bond acceptors (Lipinski definition) is 3. The van der Waals surface area contributed by atoms with Crippen LogP contribution >= 0.6 is 0 Å². The summed E-state index contributed by atoms with van der Waals surface area (Å²) in [6.45, 7) is 5.70. The van der Waals surface area contributed by atoms with E-state index in [0.29, 0.717) is 11.3 Å². The first-order valence-corrected chi connectivity index (χ1v) is 4.59. The van der Waals surface area contributed by atoms with Gasteiger partial charge in [-0.15, -0.1) is 0 Å². The summed E-state index contributed by atoms with van der Waals surface area (Å²) in [5.41, 5.74) is 1.29. The number of rotatable bonds is 4. The zero-order valence-electron chi connectivity index (χ0n) is 8.95. The third-order valence-corrected chi connectivity index (χ3v) is 1.76. The standard InChI is InChI=1S/C12H14O3/c1-9(2)8-15-12(13)10-5-4-6-11(7-10)14-3/h4-7H,1,8H2,2-3H3. The number of carbonyl (C=O) groups is 1. The number of hydrogen-bond donors (Lipinski definition) is 0. The van der Waals surface area contributed by atoms with Gasteiger partial charge in [0.05, 0.1) is 12.7 Å². The van der Waals surface area contributed by atoms with Crippen LogP contribution in [0.5, 0.6) is 5.75 Å². The molecule has 0 bridgehead atoms. The van der Waals surface area contributed by atoms with Gasteiger partial charge in [-0.25, -0.2) is 4.79 Å². The average Bonchev–Trinajstić information content (AvgIpc) is 2.26. The highest BCUT2D eigenvalue weighted by molar-refractivity contribution is 5.89. The molecule has 0 aromatic heterocycles. The molecule has 0 amide bonds. The van der Waals surface area contributed by atoms with Gasteiger partial charge in [0.2, 0.25) is 0 Å². The van der Waals surface area contributed by atoms with Crippen molar-refractivity contribution in [1.29, 1.82) is 0 Å². The van der Waals surface area contributed by atoms with Gasteiger partial charge < -0.3 is 9.47 Å². The molecule has 0 fully saturated rings. The van der Waals surface area contributed by atoms with Crippen molar-refractivity contribution < 1.29 is 14.3 Å². The maximum absolute atomic E-state index is 11.5. The smallest absolute Gasteiger partial charge is 0.338 e. The molecule has 0 N–H and O–H groups in total. The molecule has 0 saturated heterocycles. The van der Waals surface area contributed by atoms with Crippen molar-refractivity contribution in [1.82, 2.24) is 0 Å². The maximum Gasteiger partial charge on any atom is 0.338 e. The number of esters is 1. The van der Waals surface area contributed by atoms with Crippen molar-refractivity contribution in [2.75, 3.05) is 13.7 Å². The molecule has 0 aliphatic carbocycles. The van der Waals surface area contributed by atoms with E-state index in [2.05, 4.69) is 6.58 Å². The Balaban J connectivity index is 2.69. The maximum atomic E-state index is 11.5. The van der Waals surface area contributed by atoms with Gasteiger partial charge in [0.25, 0.3) is 0 Å². The molecule has 0 unspecified atom stereocenters. The average molecular weight is 206 g/mol. The number of ether oxygens (including phenoxy) is 2. The molecule has 1 rings (SSSR count). The summed E-state index contributed by atoms with van der Waals surface area (Å²) in [4.78, 5) is 11.5. The third-order valence-electron chi connectivity index (χ3n) is 1.76. The Bertz CT molecular complexity index is 369. The molecule has 0 heterocycles. The van der Waals surface area contributed by atoms with Crippen LogP contribution in [0.3, 0.4) is 0 Å². The minimum Gasteiger partial charge on any atom is -0.497 e. The molecule has 1 aromatic rings. The Labute approximate surface area is 89.3 Å². The van der Waals surface area contributed by atoms with Crippen LogP contribution in [-0.4, -0.2) is 19.7 Å². The number of methoxy groups -OCH3 is 1. The summed E-state index contributed by atoms with van der Waals surface area (Å²) in [7, 11) is 1.55. The van der Waals surface area contributed by atoms with Crippen molar-refractivity contribution in [3.8, 4) is 5.75 Å². The number of benzene rings is 1. The summed E-state index contributed by atoms with van der Waals surface area (Å²) in [5, 5.41) is 0. The highest BCUT2D eigenvalue weighted by atomic mass is 16.5. The van der Waals surface area contributed by atoms with E-state index in [-0.39, 0.29) is 12.6 Å². The van der Waals surface area contributed by atoms with Gasteiger partial charge in [-0.1, -0.05) is 12.6 Å². The van der Waals surface area contributed by atoms with Gasteiger partial charge in [-0.3, -0.25) is 0 Å². The Hall–Kier alpha value is -1.77. The SMILES string of the molecule is C=C(C)COC(=O)c1cccc(OC)c1. The first kappa shape index (κ1) is 11.3. The summed E-state index contributed by atoms with van der Waals surface area (Å²) in [5.74, 6) is 0.275. The van der Waals surface area contributed by atoms with Crippen LogP contribution in [0.2, 0.25) is 0 Å². The molecule has 0 aliphatic rings. The lowest BCUT2D eigenvalue weighted by atomic mass is 10.2. The first-order valence-electron chi connectivity index (χ1n) is 4.59. The molecule has 0 atom stereocenters. The fraction of sp³-hybridized carbons (Fsp3) is 0.250. The van der Waals surface area contributed by atoms with Crippen LogP contribution in [0.1, 0.15) is 17.3 Å². The van der Waals surface area contributed by atoms with E-state index in [1.54, 1.807) is 38.3 Å². The van der Waals surface area contributed by atoms with Gasteiger partial charge >= 0.3 is 5.97 Å². The van der Waals surface area contributed by atoms with Gasteiger partial charge in [-0.2, -0.15) is 0 Å². The van der Waals surface area contributed by atoms with Crippen molar-refractivity contribution in [2.45, 2.75) is 6.92 Å². The van der Waals surface area contributed by atoms with E-state index in [4.69, 9.17) is 9.47 Å². The van der Waals surface area contributed by atoms with Crippen LogP contribution in [0.25, 0.3) is 0 Å². The van der Waals surface area contributed by atoms with Crippen molar-refractivity contribution in [3.63, 3.8) is 0 Å². The van der Waals surface area contributed by atoms with Crippen molar-refractivity contribution >= 4 is 5.97 Å². The van der Waals surface area contributed by atoms with E-state index in [9.17, 15) is 4.79 Å². The van der Waals surface area contributed by atoms with E-state index in [1.807, 2.05) is 0 Å². The fourth-order valence-electron chi connectivity index (χ4n) is 1.02.